The Morgan fingerprint density at radius 3 is 2.40 bits per heavy atom. The average Bonchev–Trinajstić information content (AvgIpc) is 2.30. The molecule has 0 aromatic carbocycles. The predicted molar refractivity (Wildman–Crippen MR) is 58.1 cm³/mol. The molecule has 1 aliphatic heterocycles. The van der Waals surface area contributed by atoms with Gasteiger partial charge in [-0.15, -0.1) is 0 Å². The molecule has 0 saturated carbocycles. The fourth-order valence-electron chi connectivity index (χ4n) is 1.96. The second-order valence-electron chi connectivity index (χ2n) is 3.50. The van der Waals surface area contributed by atoms with Gasteiger partial charge in [-0.1, -0.05) is 13.8 Å². The van der Waals surface area contributed by atoms with Crippen molar-refractivity contribution in [3.63, 3.8) is 0 Å². The third kappa shape index (κ3) is 5.60. The number of rotatable bonds is 2. The summed E-state index contributed by atoms with van der Waals surface area (Å²) >= 11 is 0. The number of carbonyl (C=O) groups is 1. The van der Waals surface area contributed by atoms with E-state index in [1.54, 1.807) is 0 Å². The van der Waals surface area contributed by atoms with Crippen LogP contribution in [0.2, 0.25) is 0 Å². The SMILES string of the molecule is CCC(=O)N1CCCCC1CC.CO.[V]. The molecule has 0 bridgehead atoms. The van der Waals surface area contributed by atoms with Crippen LogP contribution in [0, 0.1) is 0 Å². The first-order valence-corrected chi connectivity index (χ1v) is 5.53. The normalized spacial score (nSPS) is 19.7. The van der Waals surface area contributed by atoms with Crippen LogP contribution < -0.4 is 0 Å². The molecule has 1 heterocycles. The van der Waals surface area contributed by atoms with Gasteiger partial charge in [0.25, 0.3) is 0 Å². The van der Waals surface area contributed by atoms with Crippen LogP contribution in [0.4, 0.5) is 0 Å². The van der Waals surface area contributed by atoms with Gasteiger partial charge in [0.1, 0.15) is 0 Å². The topological polar surface area (TPSA) is 40.5 Å². The van der Waals surface area contributed by atoms with E-state index < -0.39 is 0 Å². The van der Waals surface area contributed by atoms with Gasteiger partial charge in [0.15, 0.2) is 0 Å². The van der Waals surface area contributed by atoms with Crippen LogP contribution in [0.15, 0.2) is 0 Å². The minimum Gasteiger partial charge on any atom is -0.400 e. The number of likely N-dealkylation sites (tertiary alicyclic amines) is 1. The summed E-state index contributed by atoms with van der Waals surface area (Å²) in [7, 11) is 1.00. The van der Waals surface area contributed by atoms with E-state index in [-0.39, 0.29) is 18.6 Å². The van der Waals surface area contributed by atoms with Gasteiger partial charge in [0.2, 0.25) is 5.91 Å². The van der Waals surface area contributed by atoms with E-state index in [0.29, 0.717) is 18.4 Å². The number of amides is 1. The first-order valence-electron chi connectivity index (χ1n) is 5.53. The summed E-state index contributed by atoms with van der Waals surface area (Å²) in [5.41, 5.74) is 0. The standard InChI is InChI=1S/C10H19NO.CH4O.V/c1-3-9-7-5-6-8-11(9)10(12)4-2;1-2;/h9H,3-8H2,1-2H3;2H,1H3;. The monoisotopic (exact) mass is 252 g/mol. The van der Waals surface area contributed by atoms with E-state index in [9.17, 15) is 4.79 Å². The molecule has 15 heavy (non-hydrogen) atoms. The van der Waals surface area contributed by atoms with E-state index >= 15 is 0 Å². The molecule has 1 N–H and O–H groups in total. The Morgan fingerprint density at radius 1 is 1.33 bits per heavy atom. The molecule has 1 atom stereocenters. The molecule has 0 aliphatic carbocycles. The van der Waals surface area contributed by atoms with E-state index in [1.807, 2.05) is 6.92 Å². The van der Waals surface area contributed by atoms with Crippen molar-refractivity contribution >= 4 is 5.91 Å². The van der Waals surface area contributed by atoms with Crippen molar-refractivity contribution in [3.8, 4) is 0 Å². The van der Waals surface area contributed by atoms with Crippen molar-refractivity contribution in [3.05, 3.63) is 0 Å². The number of piperidine rings is 1. The zero-order valence-electron chi connectivity index (χ0n) is 10.1. The molecule has 1 saturated heterocycles. The van der Waals surface area contributed by atoms with Crippen LogP contribution >= 0.6 is 0 Å². The molecule has 0 aromatic rings. The van der Waals surface area contributed by atoms with Crippen molar-refractivity contribution in [2.24, 2.45) is 0 Å². The summed E-state index contributed by atoms with van der Waals surface area (Å²) < 4.78 is 0. The van der Waals surface area contributed by atoms with Crippen molar-refractivity contribution in [1.29, 1.82) is 0 Å². The molecule has 1 unspecified atom stereocenters. The molecule has 0 aromatic heterocycles. The molecule has 1 amide bonds. The van der Waals surface area contributed by atoms with Crippen LogP contribution in [0.5, 0.6) is 0 Å². The molecule has 1 radical (unpaired) electrons. The number of hydrogen-bond acceptors (Lipinski definition) is 2. The largest absolute Gasteiger partial charge is 0.400 e. The van der Waals surface area contributed by atoms with Crippen LogP contribution in [-0.4, -0.2) is 35.6 Å². The Hall–Kier alpha value is 0.0144. The zero-order valence-corrected chi connectivity index (χ0v) is 11.5. The zero-order chi connectivity index (χ0) is 11.0. The minimum atomic E-state index is 0. The second-order valence-corrected chi connectivity index (χ2v) is 3.50. The van der Waals surface area contributed by atoms with Crippen LogP contribution in [0.1, 0.15) is 46.0 Å². The fraction of sp³-hybridized carbons (Fsp3) is 0.909. The van der Waals surface area contributed by atoms with Crippen molar-refractivity contribution in [2.75, 3.05) is 13.7 Å². The first kappa shape index (κ1) is 17.4. The molecule has 1 rings (SSSR count). The maximum atomic E-state index is 11.5. The van der Waals surface area contributed by atoms with Gasteiger partial charge in [-0.05, 0) is 25.7 Å². The average molecular weight is 252 g/mol. The van der Waals surface area contributed by atoms with Gasteiger partial charge in [-0.25, -0.2) is 0 Å². The third-order valence-electron chi connectivity index (χ3n) is 2.72. The van der Waals surface area contributed by atoms with E-state index in [2.05, 4.69) is 11.8 Å². The number of nitrogens with zero attached hydrogens (tertiary/aromatic N) is 1. The number of aliphatic hydroxyl groups excluding tert-OH is 1. The summed E-state index contributed by atoms with van der Waals surface area (Å²) in [6.07, 6.45) is 5.48. The maximum absolute atomic E-state index is 11.5. The van der Waals surface area contributed by atoms with Crippen molar-refractivity contribution in [1.82, 2.24) is 4.90 Å². The Bertz CT molecular complexity index is 165. The molecular formula is C11H23NO2V. The van der Waals surface area contributed by atoms with Crippen molar-refractivity contribution in [2.45, 2.75) is 52.0 Å². The summed E-state index contributed by atoms with van der Waals surface area (Å²) in [6.45, 7) is 5.11. The van der Waals surface area contributed by atoms with Gasteiger partial charge < -0.3 is 10.0 Å². The molecule has 0 spiro atoms. The van der Waals surface area contributed by atoms with Gasteiger partial charge >= 0.3 is 0 Å². The molecule has 1 aliphatic rings. The first-order chi connectivity index (χ1) is 6.79. The van der Waals surface area contributed by atoms with Gasteiger partial charge in [0.05, 0.1) is 0 Å². The number of hydrogen-bond donors (Lipinski definition) is 1. The molecular weight excluding hydrogens is 229 g/mol. The quantitative estimate of drug-likeness (QED) is 0.814. The second kappa shape index (κ2) is 10.5. The Morgan fingerprint density at radius 2 is 1.93 bits per heavy atom. The minimum absolute atomic E-state index is 0. The van der Waals surface area contributed by atoms with Gasteiger partial charge in [-0.2, -0.15) is 0 Å². The summed E-state index contributed by atoms with van der Waals surface area (Å²) in [5.74, 6) is 0.335. The summed E-state index contributed by atoms with van der Waals surface area (Å²) in [6, 6.07) is 0.534. The molecule has 4 heteroatoms. The smallest absolute Gasteiger partial charge is 0.222 e. The fourth-order valence-corrected chi connectivity index (χ4v) is 1.96. The van der Waals surface area contributed by atoms with E-state index in [0.717, 1.165) is 20.1 Å². The van der Waals surface area contributed by atoms with Gasteiger partial charge in [0, 0.05) is 44.7 Å². The number of carbonyl (C=O) groups excluding carboxylic acids is 1. The molecule has 3 nitrogen and oxygen atoms in total. The molecule has 89 valence electrons. The predicted octanol–water partition coefficient (Wildman–Crippen LogP) is 1.79. The maximum Gasteiger partial charge on any atom is 0.222 e. The Labute approximate surface area is 105 Å². The van der Waals surface area contributed by atoms with E-state index in [4.69, 9.17) is 5.11 Å². The summed E-state index contributed by atoms with van der Waals surface area (Å²) in [5, 5.41) is 7.00. The van der Waals surface area contributed by atoms with Crippen LogP contribution in [0.25, 0.3) is 0 Å². The third-order valence-corrected chi connectivity index (χ3v) is 2.72. The Balaban J connectivity index is 0. The van der Waals surface area contributed by atoms with Crippen molar-refractivity contribution < 1.29 is 28.5 Å². The van der Waals surface area contributed by atoms with Crippen LogP contribution in [-0.2, 0) is 23.4 Å². The van der Waals surface area contributed by atoms with E-state index in [1.165, 1.54) is 19.3 Å². The van der Waals surface area contributed by atoms with Gasteiger partial charge in [-0.3, -0.25) is 4.79 Å². The summed E-state index contributed by atoms with van der Waals surface area (Å²) in [4.78, 5) is 13.5. The van der Waals surface area contributed by atoms with Crippen LogP contribution in [0.3, 0.4) is 0 Å². The number of aliphatic hydroxyl groups is 1. The Kier molecular flexibility index (Phi) is 12.2. The molecule has 1 fully saturated rings.